The lowest BCUT2D eigenvalue weighted by Crippen LogP contribution is -2.38. The molecule has 3 rings (SSSR count). The van der Waals surface area contributed by atoms with Gasteiger partial charge in [0, 0.05) is 0 Å². The van der Waals surface area contributed by atoms with E-state index < -0.39 is 32.1 Å². The highest BCUT2D eigenvalue weighted by Crippen LogP contribution is 2.41. The van der Waals surface area contributed by atoms with E-state index in [1.165, 1.54) is 6.07 Å². The van der Waals surface area contributed by atoms with Crippen LogP contribution >= 0.6 is 0 Å². The number of hydrogen-bond donors (Lipinski definition) is 0. The van der Waals surface area contributed by atoms with Gasteiger partial charge in [-0.05, 0) is 55.0 Å². The fourth-order valence-corrected chi connectivity index (χ4v) is 5.65. The predicted octanol–water partition coefficient (Wildman–Crippen LogP) is 4.14. The van der Waals surface area contributed by atoms with Gasteiger partial charge >= 0.3 is 6.18 Å². The summed E-state index contributed by atoms with van der Waals surface area (Å²) in [6, 6.07) is 3.67. The van der Waals surface area contributed by atoms with Crippen LogP contribution in [0.3, 0.4) is 0 Å². The Morgan fingerprint density at radius 2 is 1.91 bits per heavy atom. The van der Waals surface area contributed by atoms with Gasteiger partial charge < -0.3 is 0 Å². The van der Waals surface area contributed by atoms with Crippen LogP contribution in [0.5, 0.6) is 0 Å². The first-order chi connectivity index (χ1) is 10.2. The normalized spacial score (nSPS) is 27.4. The van der Waals surface area contributed by atoms with E-state index in [0.29, 0.717) is 24.8 Å². The Morgan fingerprint density at radius 1 is 1.18 bits per heavy atom. The molecule has 2 heterocycles. The number of alkyl halides is 3. The third kappa shape index (κ3) is 2.57. The van der Waals surface area contributed by atoms with Crippen LogP contribution < -0.4 is 0 Å². The first-order valence-corrected chi connectivity index (χ1v) is 8.92. The molecule has 22 heavy (non-hydrogen) atoms. The number of allylic oxidation sites excluding steroid dienone is 1. The highest BCUT2D eigenvalue weighted by atomic mass is 32.2. The standard InChI is InChI=1S/C16H17F3O2S/c1-10-5-6-12(16(17,18)19)9-15(10)11-7-13-3-2-4-14(8-11)22(13,20)21/h5-7,9,13-14H,2-4,8H2,1H3. The van der Waals surface area contributed by atoms with E-state index in [1.54, 1.807) is 13.0 Å². The summed E-state index contributed by atoms with van der Waals surface area (Å²) in [4.78, 5) is 0. The summed E-state index contributed by atoms with van der Waals surface area (Å²) < 4.78 is 63.2. The molecule has 0 aromatic heterocycles. The molecular weight excluding hydrogens is 313 g/mol. The van der Waals surface area contributed by atoms with Crippen LogP contribution in [0.25, 0.3) is 5.57 Å². The van der Waals surface area contributed by atoms with E-state index in [4.69, 9.17) is 0 Å². The number of halogens is 3. The molecule has 6 heteroatoms. The summed E-state index contributed by atoms with van der Waals surface area (Å²) in [7, 11) is -3.16. The summed E-state index contributed by atoms with van der Waals surface area (Å²) in [5.41, 5.74) is 1.33. The van der Waals surface area contributed by atoms with Gasteiger partial charge in [0.25, 0.3) is 0 Å². The first-order valence-electron chi connectivity index (χ1n) is 7.31. The van der Waals surface area contributed by atoms with Gasteiger partial charge in [0.15, 0.2) is 9.84 Å². The Kier molecular flexibility index (Phi) is 3.62. The van der Waals surface area contributed by atoms with Gasteiger partial charge in [-0.3, -0.25) is 0 Å². The molecule has 2 nitrogen and oxygen atoms in total. The minimum atomic E-state index is -4.39. The van der Waals surface area contributed by atoms with Crippen LogP contribution in [0, 0.1) is 6.92 Å². The van der Waals surface area contributed by atoms with Crippen molar-refractivity contribution in [3.63, 3.8) is 0 Å². The van der Waals surface area contributed by atoms with Crippen molar-refractivity contribution in [1.82, 2.24) is 0 Å². The fourth-order valence-electron chi connectivity index (χ4n) is 3.40. The van der Waals surface area contributed by atoms with Gasteiger partial charge in [0.05, 0.1) is 16.1 Å². The third-order valence-electron chi connectivity index (χ3n) is 4.65. The lowest BCUT2D eigenvalue weighted by atomic mass is 9.90. The van der Waals surface area contributed by atoms with E-state index in [2.05, 4.69) is 0 Å². The van der Waals surface area contributed by atoms with E-state index in [1.807, 2.05) is 0 Å². The second-order valence-electron chi connectivity index (χ2n) is 6.10. The SMILES string of the molecule is Cc1ccc(C(F)(F)F)cc1C1=CC2CCCC(C1)S2(=O)=O. The van der Waals surface area contributed by atoms with Crippen molar-refractivity contribution in [3.8, 4) is 0 Å². The second kappa shape index (κ2) is 5.11. The zero-order chi connectivity index (χ0) is 16.1. The molecule has 0 spiro atoms. The summed E-state index contributed by atoms with van der Waals surface area (Å²) in [6.45, 7) is 1.76. The molecule has 0 aliphatic carbocycles. The van der Waals surface area contributed by atoms with Crippen LogP contribution in [-0.2, 0) is 16.0 Å². The van der Waals surface area contributed by atoms with Crippen molar-refractivity contribution in [2.45, 2.75) is 49.3 Å². The molecule has 1 fully saturated rings. The van der Waals surface area contributed by atoms with Crippen LogP contribution in [0.4, 0.5) is 13.2 Å². The van der Waals surface area contributed by atoms with Crippen molar-refractivity contribution >= 4 is 15.4 Å². The van der Waals surface area contributed by atoms with E-state index in [9.17, 15) is 21.6 Å². The van der Waals surface area contributed by atoms with Crippen molar-refractivity contribution in [1.29, 1.82) is 0 Å². The van der Waals surface area contributed by atoms with Crippen molar-refractivity contribution < 1.29 is 21.6 Å². The molecule has 0 amide bonds. The summed E-state index contributed by atoms with van der Waals surface area (Å²) in [6.07, 6.45) is -0.359. The third-order valence-corrected chi connectivity index (χ3v) is 7.19. The molecule has 1 aromatic rings. The van der Waals surface area contributed by atoms with Crippen LogP contribution in [0.2, 0.25) is 0 Å². The number of hydrogen-bond acceptors (Lipinski definition) is 2. The Bertz CT molecular complexity index is 732. The van der Waals surface area contributed by atoms with Gasteiger partial charge in [0.1, 0.15) is 0 Å². The summed E-state index contributed by atoms with van der Waals surface area (Å²) in [5.74, 6) is 0. The number of rotatable bonds is 1. The minimum absolute atomic E-state index is 0.320. The van der Waals surface area contributed by atoms with Crippen molar-refractivity contribution in [3.05, 3.63) is 41.0 Å². The maximum atomic E-state index is 12.9. The lowest BCUT2D eigenvalue weighted by Gasteiger charge is -2.34. The summed E-state index contributed by atoms with van der Waals surface area (Å²) >= 11 is 0. The Balaban J connectivity index is 2.07. The van der Waals surface area contributed by atoms with Crippen LogP contribution in [0.15, 0.2) is 24.3 Å². The number of aryl methyl sites for hydroxylation is 1. The Morgan fingerprint density at radius 3 is 2.55 bits per heavy atom. The average Bonchev–Trinajstić information content (AvgIpc) is 2.37. The highest BCUT2D eigenvalue weighted by molar-refractivity contribution is 7.93. The van der Waals surface area contributed by atoms with E-state index in [0.717, 1.165) is 29.7 Å². The number of benzene rings is 1. The quantitative estimate of drug-likeness (QED) is 0.776. The molecule has 1 aromatic carbocycles. The zero-order valence-electron chi connectivity index (χ0n) is 12.2. The van der Waals surface area contributed by atoms with Gasteiger partial charge in [-0.2, -0.15) is 13.2 Å². The maximum absolute atomic E-state index is 12.9. The Labute approximate surface area is 128 Å². The Hall–Kier alpha value is -1.30. The van der Waals surface area contributed by atoms with E-state index in [-0.39, 0.29) is 0 Å². The molecule has 2 aliphatic rings. The molecule has 120 valence electrons. The van der Waals surface area contributed by atoms with Crippen molar-refractivity contribution in [2.24, 2.45) is 0 Å². The molecule has 0 radical (unpaired) electrons. The molecule has 0 saturated carbocycles. The largest absolute Gasteiger partial charge is 0.416 e. The lowest BCUT2D eigenvalue weighted by molar-refractivity contribution is -0.137. The molecule has 2 bridgehead atoms. The molecule has 0 N–H and O–H groups in total. The molecule has 2 atom stereocenters. The first kappa shape index (κ1) is 15.6. The topological polar surface area (TPSA) is 34.1 Å². The van der Waals surface area contributed by atoms with Gasteiger partial charge in [-0.15, -0.1) is 0 Å². The molecule has 1 saturated heterocycles. The smallest absolute Gasteiger partial charge is 0.228 e. The zero-order valence-corrected chi connectivity index (χ0v) is 13.0. The highest BCUT2D eigenvalue weighted by Gasteiger charge is 2.41. The van der Waals surface area contributed by atoms with E-state index >= 15 is 0 Å². The van der Waals surface area contributed by atoms with Crippen LogP contribution in [0.1, 0.15) is 42.4 Å². The number of fused-ring (bicyclic) bond motifs is 2. The minimum Gasteiger partial charge on any atom is -0.228 e. The monoisotopic (exact) mass is 330 g/mol. The average molecular weight is 330 g/mol. The molecular formula is C16H17F3O2S. The fraction of sp³-hybridized carbons (Fsp3) is 0.500. The van der Waals surface area contributed by atoms with Crippen LogP contribution in [-0.4, -0.2) is 18.9 Å². The van der Waals surface area contributed by atoms with Gasteiger partial charge in [0.2, 0.25) is 0 Å². The molecule has 2 aliphatic heterocycles. The van der Waals surface area contributed by atoms with Gasteiger partial charge in [-0.25, -0.2) is 8.42 Å². The van der Waals surface area contributed by atoms with Gasteiger partial charge in [-0.1, -0.05) is 18.6 Å². The molecule has 2 unspecified atom stereocenters. The van der Waals surface area contributed by atoms with Crippen molar-refractivity contribution in [2.75, 3.05) is 0 Å². The number of sulfone groups is 1. The maximum Gasteiger partial charge on any atom is 0.416 e. The second-order valence-corrected chi connectivity index (χ2v) is 8.55. The summed E-state index contributed by atoms with van der Waals surface area (Å²) in [5, 5.41) is -0.982. The predicted molar refractivity (Wildman–Crippen MR) is 79.1 cm³/mol.